The quantitative estimate of drug-likeness (QED) is 0.733. The van der Waals surface area contributed by atoms with E-state index in [4.69, 9.17) is 5.73 Å². The summed E-state index contributed by atoms with van der Waals surface area (Å²) in [4.78, 5) is 2.49. The molecule has 84 valence electrons. The Kier molecular flexibility index (Phi) is 3.96. The summed E-state index contributed by atoms with van der Waals surface area (Å²) in [5.74, 6) is 0.667. The molecule has 1 fully saturated rings. The van der Waals surface area contributed by atoms with Crippen molar-refractivity contribution in [3.8, 4) is 0 Å². The highest BCUT2D eigenvalue weighted by molar-refractivity contribution is 4.84. The topological polar surface area (TPSA) is 29.3 Å². The van der Waals surface area contributed by atoms with Crippen LogP contribution in [0.4, 0.5) is 0 Å². The van der Waals surface area contributed by atoms with Crippen LogP contribution in [-0.2, 0) is 0 Å². The largest absolute Gasteiger partial charge is 0.330 e. The van der Waals surface area contributed by atoms with E-state index in [2.05, 4.69) is 32.7 Å². The molecule has 0 bridgehead atoms. The predicted octanol–water partition coefficient (Wildman–Crippen LogP) is 2.09. The summed E-state index contributed by atoms with van der Waals surface area (Å²) in [6.07, 6.45) is 4.02. The van der Waals surface area contributed by atoms with Crippen LogP contribution in [-0.4, -0.2) is 31.1 Å². The lowest BCUT2D eigenvalue weighted by molar-refractivity contribution is 0.215. The Morgan fingerprint density at radius 2 is 1.93 bits per heavy atom. The van der Waals surface area contributed by atoms with Crippen molar-refractivity contribution < 1.29 is 0 Å². The van der Waals surface area contributed by atoms with Crippen LogP contribution in [0.25, 0.3) is 0 Å². The molecule has 1 aliphatic carbocycles. The van der Waals surface area contributed by atoms with E-state index in [0.717, 1.165) is 12.6 Å². The Morgan fingerprint density at radius 3 is 2.29 bits per heavy atom. The van der Waals surface area contributed by atoms with E-state index in [1.165, 1.54) is 25.8 Å². The first kappa shape index (κ1) is 12.0. The Hall–Kier alpha value is -0.0800. The number of nitrogens with two attached hydrogens (primary N) is 1. The maximum atomic E-state index is 5.82. The zero-order valence-electron chi connectivity index (χ0n) is 10.2. The molecule has 0 heterocycles. The average Bonchev–Trinajstić information content (AvgIpc) is 2.82. The third-order valence-corrected chi connectivity index (χ3v) is 2.95. The molecule has 0 spiro atoms. The summed E-state index contributed by atoms with van der Waals surface area (Å²) in [6.45, 7) is 8.90. The molecule has 2 nitrogen and oxygen atoms in total. The zero-order valence-corrected chi connectivity index (χ0v) is 10.2. The van der Waals surface area contributed by atoms with Gasteiger partial charge in [0.1, 0.15) is 0 Å². The molecule has 0 radical (unpaired) electrons. The second-order valence-electron chi connectivity index (χ2n) is 6.04. The van der Waals surface area contributed by atoms with Crippen molar-refractivity contribution in [2.75, 3.05) is 20.1 Å². The van der Waals surface area contributed by atoms with E-state index in [-0.39, 0.29) is 0 Å². The van der Waals surface area contributed by atoms with Crippen molar-refractivity contribution in [2.24, 2.45) is 17.1 Å². The standard InChI is InChI=1S/C12H26N2/c1-12(2,3)7-10(8-13)9-14(4)11-5-6-11/h10-11H,5-9,13H2,1-4H3. The van der Waals surface area contributed by atoms with Gasteiger partial charge in [-0.1, -0.05) is 20.8 Å². The van der Waals surface area contributed by atoms with E-state index in [1.54, 1.807) is 0 Å². The van der Waals surface area contributed by atoms with Gasteiger partial charge in [-0.25, -0.2) is 0 Å². The molecule has 0 saturated heterocycles. The smallest absolute Gasteiger partial charge is 0.00934 e. The third kappa shape index (κ3) is 4.43. The lowest BCUT2D eigenvalue weighted by Crippen LogP contribution is -2.33. The van der Waals surface area contributed by atoms with Gasteiger partial charge in [-0.05, 0) is 44.2 Å². The molecule has 1 rings (SSSR count). The molecular formula is C12H26N2. The van der Waals surface area contributed by atoms with Gasteiger partial charge < -0.3 is 10.6 Å². The average molecular weight is 198 g/mol. The van der Waals surface area contributed by atoms with Crippen molar-refractivity contribution >= 4 is 0 Å². The van der Waals surface area contributed by atoms with E-state index in [9.17, 15) is 0 Å². The fourth-order valence-corrected chi connectivity index (χ4v) is 2.16. The number of nitrogens with zero attached hydrogens (tertiary/aromatic N) is 1. The second kappa shape index (κ2) is 4.63. The number of rotatable bonds is 5. The maximum Gasteiger partial charge on any atom is 0.00934 e. The summed E-state index contributed by atoms with van der Waals surface area (Å²) in [5.41, 5.74) is 6.23. The fraction of sp³-hybridized carbons (Fsp3) is 1.00. The maximum absolute atomic E-state index is 5.82. The molecule has 1 aliphatic rings. The van der Waals surface area contributed by atoms with Crippen LogP contribution < -0.4 is 5.73 Å². The van der Waals surface area contributed by atoms with Crippen molar-refractivity contribution in [1.82, 2.24) is 4.90 Å². The van der Waals surface area contributed by atoms with Crippen molar-refractivity contribution in [1.29, 1.82) is 0 Å². The summed E-state index contributed by atoms with van der Waals surface area (Å²) in [7, 11) is 2.24. The van der Waals surface area contributed by atoms with Gasteiger partial charge in [0.25, 0.3) is 0 Å². The second-order valence-corrected chi connectivity index (χ2v) is 6.04. The van der Waals surface area contributed by atoms with Crippen molar-refractivity contribution in [3.05, 3.63) is 0 Å². The lowest BCUT2D eigenvalue weighted by atomic mass is 9.84. The Balaban J connectivity index is 2.30. The molecule has 0 amide bonds. The molecule has 1 unspecified atom stereocenters. The van der Waals surface area contributed by atoms with Crippen LogP contribution >= 0.6 is 0 Å². The van der Waals surface area contributed by atoms with Crippen LogP contribution in [0.3, 0.4) is 0 Å². The monoisotopic (exact) mass is 198 g/mol. The Morgan fingerprint density at radius 1 is 1.36 bits per heavy atom. The normalized spacial score (nSPS) is 20.1. The molecule has 1 saturated carbocycles. The van der Waals surface area contributed by atoms with E-state index in [0.29, 0.717) is 11.3 Å². The van der Waals surface area contributed by atoms with Crippen LogP contribution in [0, 0.1) is 11.3 Å². The summed E-state index contributed by atoms with van der Waals surface area (Å²) in [5, 5.41) is 0. The first-order chi connectivity index (χ1) is 6.42. The molecule has 14 heavy (non-hydrogen) atoms. The van der Waals surface area contributed by atoms with Gasteiger partial charge in [0.05, 0.1) is 0 Å². The minimum absolute atomic E-state index is 0.411. The van der Waals surface area contributed by atoms with Crippen molar-refractivity contribution in [3.63, 3.8) is 0 Å². The Bertz CT molecular complexity index is 168. The van der Waals surface area contributed by atoms with Crippen LogP contribution in [0.1, 0.15) is 40.0 Å². The number of hydrogen-bond donors (Lipinski definition) is 1. The van der Waals surface area contributed by atoms with Gasteiger partial charge in [0, 0.05) is 12.6 Å². The summed E-state index contributed by atoms with van der Waals surface area (Å²) >= 11 is 0. The van der Waals surface area contributed by atoms with Gasteiger partial charge in [0.2, 0.25) is 0 Å². The molecule has 0 aliphatic heterocycles. The highest BCUT2D eigenvalue weighted by Gasteiger charge is 2.28. The molecule has 2 N–H and O–H groups in total. The van der Waals surface area contributed by atoms with Gasteiger partial charge in [-0.15, -0.1) is 0 Å². The molecule has 2 heteroatoms. The lowest BCUT2D eigenvalue weighted by Gasteiger charge is -2.28. The Labute approximate surface area is 88.8 Å². The predicted molar refractivity (Wildman–Crippen MR) is 62.3 cm³/mol. The molecular weight excluding hydrogens is 172 g/mol. The third-order valence-electron chi connectivity index (χ3n) is 2.95. The molecule has 0 aromatic carbocycles. The van der Waals surface area contributed by atoms with Gasteiger partial charge in [0.15, 0.2) is 0 Å². The van der Waals surface area contributed by atoms with Crippen LogP contribution in [0.5, 0.6) is 0 Å². The minimum atomic E-state index is 0.411. The van der Waals surface area contributed by atoms with E-state index in [1.807, 2.05) is 0 Å². The minimum Gasteiger partial charge on any atom is -0.330 e. The zero-order chi connectivity index (χ0) is 10.8. The molecule has 1 atom stereocenters. The first-order valence-electron chi connectivity index (χ1n) is 5.82. The van der Waals surface area contributed by atoms with E-state index < -0.39 is 0 Å². The number of hydrogen-bond acceptors (Lipinski definition) is 2. The fourth-order valence-electron chi connectivity index (χ4n) is 2.16. The van der Waals surface area contributed by atoms with E-state index >= 15 is 0 Å². The summed E-state index contributed by atoms with van der Waals surface area (Å²) in [6, 6.07) is 0.865. The highest BCUT2D eigenvalue weighted by atomic mass is 15.2. The highest BCUT2D eigenvalue weighted by Crippen LogP contribution is 2.29. The van der Waals surface area contributed by atoms with Crippen molar-refractivity contribution in [2.45, 2.75) is 46.1 Å². The summed E-state index contributed by atoms with van der Waals surface area (Å²) < 4.78 is 0. The van der Waals surface area contributed by atoms with Gasteiger partial charge in [-0.2, -0.15) is 0 Å². The molecule has 0 aromatic rings. The molecule has 0 aromatic heterocycles. The SMILES string of the molecule is CN(CC(CN)CC(C)(C)C)C1CC1. The van der Waals surface area contributed by atoms with Crippen LogP contribution in [0.15, 0.2) is 0 Å². The first-order valence-corrected chi connectivity index (χ1v) is 5.82. The van der Waals surface area contributed by atoms with Gasteiger partial charge >= 0.3 is 0 Å². The van der Waals surface area contributed by atoms with Gasteiger partial charge in [-0.3, -0.25) is 0 Å². The van der Waals surface area contributed by atoms with Crippen LogP contribution in [0.2, 0.25) is 0 Å².